The average Bonchev–Trinajstić information content (AvgIpc) is 3.37. The van der Waals surface area contributed by atoms with Crippen molar-refractivity contribution in [2.75, 3.05) is 50.8 Å². The van der Waals surface area contributed by atoms with E-state index in [4.69, 9.17) is 4.74 Å². The molecule has 0 saturated carbocycles. The first-order valence-electron chi connectivity index (χ1n) is 11.4. The summed E-state index contributed by atoms with van der Waals surface area (Å²) < 4.78 is 33.6. The monoisotopic (exact) mass is 474 g/mol. The van der Waals surface area contributed by atoms with Gasteiger partial charge in [-0.1, -0.05) is 12.1 Å². The molecule has 0 radical (unpaired) electrons. The zero-order valence-electron chi connectivity index (χ0n) is 18.9. The highest BCUT2D eigenvalue weighted by Gasteiger charge is 2.33. The second-order valence-corrected chi connectivity index (χ2v) is 10.3. The molecule has 33 heavy (non-hydrogen) atoms. The Labute approximate surface area is 194 Å². The van der Waals surface area contributed by atoms with Gasteiger partial charge in [-0.3, -0.25) is 15.0 Å². The highest BCUT2D eigenvalue weighted by atomic mass is 32.2. The molecule has 10 heteroatoms. The van der Waals surface area contributed by atoms with Gasteiger partial charge in [0.25, 0.3) is 5.69 Å². The van der Waals surface area contributed by atoms with Gasteiger partial charge in [-0.25, -0.2) is 8.42 Å². The van der Waals surface area contributed by atoms with Crippen LogP contribution in [0.1, 0.15) is 25.3 Å². The lowest BCUT2D eigenvalue weighted by Gasteiger charge is -2.37. The minimum Gasteiger partial charge on any atom is -0.494 e. The van der Waals surface area contributed by atoms with Crippen LogP contribution in [-0.2, 0) is 16.6 Å². The number of benzene rings is 2. The molecule has 0 spiro atoms. The Morgan fingerprint density at radius 1 is 0.970 bits per heavy atom. The molecule has 0 aliphatic carbocycles. The SMILES string of the molecule is CCOc1ccc(CN2CCN(c3ccc([N+](=O)[O-])cc3S(=O)(=O)N3CCCC3)CC2)cc1. The van der Waals surface area contributed by atoms with Crippen molar-refractivity contribution >= 4 is 21.4 Å². The minimum absolute atomic E-state index is 0.0403. The molecular weight excluding hydrogens is 444 g/mol. The number of nitrogens with zero attached hydrogens (tertiary/aromatic N) is 4. The lowest BCUT2D eigenvalue weighted by molar-refractivity contribution is -0.385. The molecule has 0 unspecified atom stereocenters. The third-order valence-electron chi connectivity index (χ3n) is 6.19. The lowest BCUT2D eigenvalue weighted by atomic mass is 10.1. The Kier molecular flexibility index (Phi) is 7.16. The summed E-state index contributed by atoms with van der Waals surface area (Å²) in [5, 5.41) is 11.3. The summed E-state index contributed by atoms with van der Waals surface area (Å²) in [6, 6.07) is 12.3. The zero-order chi connectivity index (χ0) is 23.4. The topological polar surface area (TPSA) is 96.2 Å². The van der Waals surface area contributed by atoms with E-state index < -0.39 is 14.9 Å². The fourth-order valence-corrected chi connectivity index (χ4v) is 6.16. The number of hydrogen-bond acceptors (Lipinski definition) is 7. The van der Waals surface area contributed by atoms with E-state index in [0.717, 1.165) is 38.2 Å². The number of piperazine rings is 1. The van der Waals surface area contributed by atoms with Crippen molar-refractivity contribution in [3.63, 3.8) is 0 Å². The van der Waals surface area contributed by atoms with E-state index >= 15 is 0 Å². The van der Waals surface area contributed by atoms with E-state index in [2.05, 4.69) is 17.0 Å². The predicted molar refractivity (Wildman–Crippen MR) is 126 cm³/mol. The van der Waals surface area contributed by atoms with E-state index in [0.29, 0.717) is 38.5 Å². The van der Waals surface area contributed by atoms with Gasteiger partial charge in [0.2, 0.25) is 10.0 Å². The Balaban J connectivity index is 1.49. The van der Waals surface area contributed by atoms with Crippen LogP contribution in [0, 0.1) is 10.1 Å². The maximum Gasteiger partial charge on any atom is 0.270 e. The molecule has 2 aliphatic rings. The molecule has 2 saturated heterocycles. The summed E-state index contributed by atoms with van der Waals surface area (Å²) in [6.07, 6.45) is 1.63. The first-order chi connectivity index (χ1) is 15.9. The van der Waals surface area contributed by atoms with Crippen LogP contribution < -0.4 is 9.64 Å². The van der Waals surface area contributed by atoms with Gasteiger partial charge in [-0.2, -0.15) is 4.31 Å². The van der Waals surface area contributed by atoms with Gasteiger partial charge >= 0.3 is 0 Å². The van der Waals surface area contributed by atoms with Crippen LogP contribution in [0.5, 0.6) is 5.75 Å². The van der Waals surface area contributed by atoms with Crippen molar-refractivity contribution in [1.82, 2.24) is 9.21 Å². The number of nitro groups is 1. The molecule has 2 aliphatic heterocycles. The quantitative estimate of drug-likeness (QED) is 0.428. The summed E-state index contributed by atoms with van der Waals surface area (Å²) in [7, 11) is -3.78. The summed E-state index contributed by atoms with van der Waals surface area (Å²) in [6.45, 7) is 7.16. The molecule has 9 nitrogen and oxygen atoms in total. The average molecular weight is 475 g/mol. The molecule has 0 amide bonds. The fraction of sp³-hybridized carbons (Fsp3) is 0.478. The van der Waals surface area contributed by atoms with Crippen molar-refractivity contribution in [2.24, 2.45) is 0 Å². The fourth-order valence-electron chi connectivity index (χ4n) is 4.41. The summed E-state index contributed by atoms with van der Waals surface area (Å²) in [4.78, 5) is 15.2. The molecule has 0 bridgehead atoms. The van der Waals surface area contributed by atoms with Gasteiger partial charge in [-0.05, 0) is 43.5 Å². The van der Waals surface area contributed by atoms with Gasteiger partial charge < -0.3 is 9.64 Å². The number of rotatable bonds is 8. The predicted octanol–water partition coefficient (Wildman–Crippen LogP) is 3.10. The molecule has 2 heterocycles. The van der Waals surface area contributed by atoms with Crippen molar-refractivity contribution in [3.05, 3.63) is 58.1 Å². The Bertz CT molecular complexity index is 1080. The Hall–Kier alpha value is -2.69. The molecule has 0 atom stereocenters. The summed E-state index contributed by atoms with van der Waals surface area (Å²) in [5.41, 5.74) is 1.54. The maximum atomic E-state index is 13.3. The van der Waals surface area contributed by atoms with E-state index in [1.54, 1.807) is 6.07 Å². The Morgan fingerprint density at radius 2 is 1.64 bits per heavy atom. The van der Waals surface area contributed by atoms with E-state index in [1.165, 1.54) is 22.0 Å². The number of anilines is 1. The van der Waals surface area contributed by atoms with Crippen LogP contribution in [-0.4, -0.2) is 68.4 Å². The standard InChI is InChI=1S/C23H30N4O5S/c1-2-32-21-8-5-19(6-9-21)18-24-13-15-25(16-14-24)22-10-7-20(27(28)29)17-23(22)33(30,31)26-11-3-4-12-26/h5-10,17H,2-4,11-16,18H2,1H3. The molecule has 2 aromatic carbocycles. The third-order valence-corrected chi connectivity index (χ3v) is 8.12. The lowest BCUT2D eigenvalue weighted by Crippen LogP contribution is -2.46. The number of ether oxygens (including phenoxy) is 1. The second kappa shape index (κ2) is 10.1. The molecule has 4 rings (SSSR count). The molecule has 0 aromatic heterocycles. The van der Waals surface area contributed by atoms with Crippen LogP contribution in [0.25, 0.3) is 0 Å². The largest absolute Gasteiger partial charge is 0.494 e. The van der Waals surface area contributed by atoms with Crippen LogP contribution in [0.4, 0.5) is 11.4 Å². The summed E-state index contributed by atoms with van der Waals surface area (Å²) in [5.74, 6) is 0.857. The minimum atomic E-state index is -3.78. The normalized spacial score (nSPS) is 17.9. The number of hydrogen-bond donors (Lipinski definition) is 0. The van der Waals surface area contributed by atoms with Gasteiger partial charge in [0.1, 0.15) is 10.6 Å². The van der Waals surface area contributed by atoms with Crippen molar-refractivity contribution in [3.8, 4) is 5.75 Å². The smallest absolute Gasteiger partial charge is 0.270 e. The molecule has 0 N–H and O–H groups in total. The molecule has 2 aromatic rings. The first-order valence-corrected chi connectivity index (χ1v) is 12.8. The van der Waals surface area contributed by atoms with Crippen LogP contribution in [0.3, 0.4) is 0 Å². The van der Waals surface area contributed by atoms with Crippen LogP contribution in [0.2, 0.25) is 0 Å². The van der Waals surface area contributed by atoms with Gasteiger partial charge in [0, 0.05) is 57.9 Å². The number of nitro benzene ring substituents is 1. The van der Waals surface area contributed by atoms with Gasteiger partial charge in [0.05, 0.1) is 17.2 Å². The zero-order valence-corrected chi connectivity index (χ0v) is 19.7. The highest BCUT2D eigenvalue weighted by molar-refractivity contribution is 7.89. The van der Waals surface area contributed by atoms with Crippen LogP contribution >= 0.6 is 0 Å². The maximum absolute atomic E-state index is 13.3. The van der Waals surface area contributed by atoms with E-state index in [9.17, 15) is 18.5 Å². The highest BCUT2D eigenvalue weighted by Crippen LogP contribution is 2.33. The first kappa shape index (κ1) is 23.5. The molecule has 2 fully saturated rings. The van der Waals surface area contributed by atoms with E-state index in [1.807, 2.05) is 24.0 Å². The van der Waals surface area contributed by atoms with E-state index in [-0.39, 0.29) is 10.6 Å². The molecule has 178 valence electrons. The van der Waals surface area contributed by atoms with Crippen molar-refractivity contribution in [1.29, 1.82) is 0 Å². The van der Waals surface area contributed by atoms with Gasteiger partial charge in [-0.15, -0.1) is 0 Å². The third kappa shape index (κ3) is 5.29. The number of non-ortho nitro benzene ring substituents is 1. The number of sulfonamides is 1. The Morgan fingerprint density at radius 3 is 2.24 bits per heavy atom. The van der Waals surface area contributed by atoms with Crippen LogP contribution in [0.15, 0.2) is 47.4 Å². The van der Waals surface area contributed by atoms with Gasteiger partial charge in [0.15, 0.2) is 0 Å². The van der Waals surface area contributed by atoms with Crippen molar-refractivity contribution in [2.45, 2.75) is 31.2 Å². The molecular formula is C23H30N4O5S. The summed E-state index contributed by atoms with van der Waals surface area (Å²) >= 11 is 0. The van der Waals surface area contributed by atoms with Crippen molar-refractivity contribution < 1.29 is 18.1 Å². The second-order valence-electron chi connectivity index (χ2n) is 8.36.